The standard InChI is InChI=1S/C16H16Cl2N2O4S/c1-3-24-12-4-6-13(7-5-12)25(22,23)20-19-10(2)14-8-11(17)9-15(18)16(14)21/h4-9,20-21H,3H2,1-2H3. The zero-order chi connectivity index (χ0) is 18.6. The van der Waals surface area contributed by atoms with Gasteiger partial charge in [-0.1, -0.05) is 23.2 Å². The lowest BCUT2D eigenvalue weighted by Crippen LogP contribution is -2.20. The van der Waals surface area contributed by atoms with E-state index >= 15 is 0 Å². The number of rotatable bonds is 6. The minimum absolute atomic E-state index is 0.0286. The molecule has 2 N–H and O–H groups in total. The average molecular weight is 403 g/mol. The van der Waals surface area contributed by atoms with Gasteiger partial charge in [0.1, 0.15) is 11.5 Å². The number of sulfonamides is 1. The van der Waals surface area contributed by atoms with E-state index in [1.54, 1.807) is 12.1 Å². The Morgan fingerprint density at radius 2 is 1.88 bits per heavy atom. The third-order valence-electron chi connectivity index (χ3n) is 3.20. The third-order valence-corrected chi connectivity index (χ3v) is 4.93. The van der Waals surface area contributed by atoms with Gasteiger partial charge in [-0.15, -0.1) is 0 Å². The summed E-state index contributed by atoms with van der Waals surface area (Å²) in [5.74, 6) is 0.340. The van der Waals surface area contributed by atoms with E-state index in [0.29, 0.717) is 17.4 Å². The van der Waals surface area contributed by atoms with Crippen LogP contribution in [0.25, 0.3) is 0 Å². The van der Waals surface area contributed by atoms with E-state index in [1.165, 1.54) is 31.2 Å². The van der Waals surface area contributed by atoms with Crippen molar-refractivity contribution in [2.24, 2.45) is 5.10 Å². The summed E-state index contributed by atoms with van der Waals surface area (Å²) in [5.41, 5.74) is 0.434. The molecule has 0 aliphatic carbocycles. The number of nitrogens with one attached hydrogen (secondary N) is 1. The predicted molar refractivity (Wildman–Crippen MR) is 98.3 cm³/mol. The van der Waals surface area contributed by atoms with E-state index in [2.05, 4.69) is 9.93 Å². The Kier molecular flexibility index (Phi) is 6.16. The van der Waals surface area contributed by atoms with E-state index in [1.807, 2.05) is 6.92 Å². The molecule has 0 aliphatic rings. The quantitative estimate of drug-likeness (QED) is 0.567. The van der Waals surface area contributed by atoms with Gasteiger partial charge in [0.25, 0.3) is 10.0 Å². The number of hydrogen-bond donors (Lipinski definition) is 2. The molecule has 0 heterocycles. The highest BCUT2D eigenvalue weighted by Crippen LogP contribution is 2.31. The van der Waals surface area contributed by atoms with E-state index in [9.17, 15) is 13.5 Å². The second-order valence-corrected chi connectivity index (χ2v) is 7.48. The SMILES string of the molecule is CCOc1ccc(S(=O)(=O)NN=C(C)c2cc(Cl)cc(Cl)c2O)cc1. The molecular formula is C16H16Cl2N2O4S. The van der Waals surface area contributed by atoms with Crippen LogP contribution in [0.5, 0.6) is 11.5 Å². The molecule has 0 saturated heterocycles. The second-order valence-electron chi connectivity index (χ2n) is 4.98. The van der Waals surface area contributed by atoms with Crippen LogP contribution in [0.1, 0.15) is 19.4 Å². The van der Waals surface area contributed by atoms with Crippen LogP contribution in [0.15, 0.2) is 46.4 Å². The number of halogens is 2. The van der Waals surface area contributed by atoms with Crippen molar-refractivity contribution in [1.29, 1.82) is 0 Å². The van der Waals surface area contributed by atoms with Gasteiger partial charge in [-0.3, -0.25) is 0 Å². The molecule has 0 atom stereocenters. The Morgan fingerprint density at radius 3 is 2.48 bits per heavy atom. The van der Waals surface area contributed by atoms with Gasteiger partial charge in [0.2, 0.25) is 0 Å². The van der Waals surface area contributed by atoms with Crippen molar-refractivity contribution in [3.05, 3.63) is 52.0 Å². The Morgan fingerprint density at radius 1 is 1.24 bits per heavy atom. The predicted octanol–water partition coefficient (Wildman–Crippen LogP) is 3.80. The van der Waals surface area contributed by atoms with Crippen LogP contribution < -0.4 is 9.57 Å². The summed E-state index contributed by atoms with van der Waals surface area (Å²) in [6.07, 6.45) is 0. The van der Waals surface area contributed by atoms with Crippen LogP contribution in [0.4, 0.5) is 0 Å². The summed E-state index contributed by atoms with van der Waals surface area (Å²) in [7, 11) is -3.87. The first kappa shape index (κ1) is 19.4. The number of ether oxygens (including phenoxy) is 1. The molecule has 0 amide bonds. The molecule has 2 aromatic rings. The highest BCUT2D eigenvalue weighted by molar-refractivity contribution is 7.89. The Hall–Kier alpha value is -1.96. The normalized spacial score (nSPS) is 12.1. The first-order chi connectivity index (χ1) is 11.7. The van der Waals surface area contributed by atoms with Crippen LogP contribution in [-0.4, -0.2) is 25.8 Å². The summed E-state index contributed by atoms with van der Waals surface area (Å²) < 4.78 is 29.8. The molecular weight excluding hydrogens is 387 g/mol. The summed E-state index contributed by atoms with van der Waals surface area (Å²) in [6, 6.07) is 8.73. The highest BCUT2D eigenvalue weighted by atomic mass is 35.5. The van der Waals surface area contributed by atoms with Crippen molar-refractivity contribution in [2.75, 3.05) is 6.61 Å². The van der Waals surface area contributed by atoms with Gasteiger partial charge in [-0.05, 0) is 50.2 Å². The highest BCUT2D eigenvalue weighted by Gasteiger charge is 2.15. The number of hydrazone groups is 1. The van der Waals surface area contributed by atoms with Crippen molar-refractivity contribution >= 4 is 38.9 Å². The topological polar surface area (TPSA) is 88.0 Å². The van der Waals surface area contributed by atoms with Crippen LogP contribution in [0.2, 0.25) is 10.0 Å². The number of hydrogen-bond acceptors (Lipinski definition) is 5. The molecule has 0 spiro atoms. The maximum atomic E-state index is 12.3. The number of aromatic hydroxyl groups is 1. The Labute approximate surface area is 156 Å². The first-order valence-electron chi connectivity index (χ1n) is 7.22. The molecule has 2 aromatic carbocycles. The monoisotopic (exact) mass is 402 g/mol. The molecule has 25 heavy (non-hydrogen) atoms. The van der Waals surface area contributed by atoms with Crippen LogP contribution >= 0.6 is 23.2 Å². The number of phenols is 1. The molecule has 0 radical (unpaired) electrons. The van der Waals surface area contributed by atoms with Crippen molar-refractivity contribution in [1.82, 2.24) is 4.83 Å². The molecule has 2 rings (SSSR count). The molecule has 0 saturated carbocycles. The molecule has 6 nitrogen and oxygen atoms in total. The van der Waals surface area contributed by atoms with E-state index in [-0.39, 0.29) is 26.9 Å². The van der Waals surface area contributed by atoms with Crippen molar-refractivity contribution in [3.63, 3.8) is 0 Å². The minimum Gasteiger partial charge on any atom is -0.506 e. The average Bonchev–Trinajstić information content (AvgIpc) is 2.57. The molecule has 0 bridgehead atoms. The lowest BCUT2D eigenvalue weighted by Gasteiger charge is -2.09. The van der Waals surface area contributed by atoms with Crippen LogP contribution in [-0.2, 0) is 10.0 Å². The summed E-state index contributed by atoms with van der Waals surface area (Å²) >= 11 is 11.7. The van der Waals surface area contributed by atoms with Gasteiger partial charge in [0.15, 0.2) is 0 Å². The maximum absolute atomic E-state index is 12.3. The molecule has 0 unspecified atom stereocenters. The Bertz CT molecular complexity index is 897. The number of nitrogens with zero attached hydrogens (tertiary/aromatic N) is 1. The fraction of sp³-hybridized carbons (Fsp3) is 0.188. The lowest BCUT2D eigenvalue weighted by atomic mass is 10.1. The van der Waals surface area contributed by atoms with Gasteiger partial charge in [-0.2, -0.15) is 18.4 Å². The maximum Gasteiger partial charge on any atom is 0.276 e. The minimum atomic E-state index is -3.87. The van der Waals surface area contributed by atoms with Gasteiger partial charge in [-0.25, -0.2) is 0 Å². The van der Waals surface area contributed by atoms with Gasteiger partial charge in [0.05, 0.1) is 22.2 Å². The summed E-state index contributed by atoms with van der Waals surface area (Å²) in [6.45, 7) is 3.84. The van der Waals surface area contributed by atoms with E-state index < -0.39 is 10.0 Å². The van der Waals surface area contributed by atoms with Gasteiger partial charge < -0.3 is 9.84 Å². The number of benzene rings is 2. The number of phenolic OH excluding ortho intramolecular Hbond substituents is 1. The summed E-state index contributed by atoms with van der Waals surface area (Å²) in [5, 5.41) is 14.1. The molecule has 9 heteroatoms. The molecule has 134 valence electrons. The van der Waals surface area contributed by atoms with Crippen molar-refractivity contribution in [2.45, 2.75) is 18.7 Å². The fourth-order valence-electron chi connectivity index (χ4n) is 1.96. The zero-order valence-electron chi connectivity index (χ0n) is 13.5. The van der Waals surface area contributed by atoms with E-state index in [4.69, 9.17) is 27.9 Å². The van der Waals surface area contributed by atoms with Gasteiger partial charge in [0, 0.05) is 10.6 Å². The Balaban J connectivity index is 2.24. The van der Waals surface area contributed by atoms with Gasteiger partial charge >= 0.3 is 0 Å². The third kappa shape index (κ3) is 4.78. The zero-order valence-corrected chi connectivity index (χ0v) is 15.8. The fourth-order valence-corrected chi connectivity index (χ4v) is 3.32. The van der Waals surface area contributed by atoms with Crippen LogP contribution in [0, 0.1) is 0 Å². The van der Waals surface area contributed by atoms with E-state index in [0.717, 1.165) is 0 Å². The summed E-state index contributed by atoms with van der Waals surface area (Å²) in [4.78, 5) is 2.14. The second kappa shape index (κ2) is 7.95. The lowest BCUT2D eigenvalue weighted by molar-refractivity contribution is 0.340. The smallest absolute Gasteiger partial charge is 0.276 e. The van der Waals surface area contributed by atoms with Crippen molar-refractivity contribution < 1.29 is 18.3 Å². The first-order valence-corrected chi connectivity index (χ1v) is 9.46. The molecule has 0 aliphatic heterocycles. The molecule has 0 aromatic heterocycles. The van der Waals surface area contributed by atoms with Crippen molar-refractivity contribution in [3.8, 4) is 11.5 Å². The molecule has 0 fully saturated rings. The largest absolute Gasteiger partial charge is 0.506 e. The van der Waals surface area contributed by atoms with Crippen LogP contribution in [0.3, 0.4) is 0 Å².